The molecule has 0 aromatic heterocycles. The molecule has 0 aliphatic heterocycles. The van der Waals surface area contributed by atoms with Crippen LogP contribution in [-0.2, 0) is 9.53 Å². The van der Waals surface area contributed by atoms with Crippen molar-refractivity contribution in [3.8, 4) is 5.75 Å². The van der Waals surface area contributed by atoms with E-state index in [4.69, 9.17) is 15.2 Å². The van der Waals surface area contributed by atoms with Crippen molar-refractivity contribution >= 4 is 17.7 Å². The van der Waals surface area contributed by atoms with Gasteiger partial charge in [-0.05, 0) is 39.8 Å². The highest BCUT2D eigenvalue weighted by Crippen LogP contribution is 2.24. The van der Waals surface area contributed by atoms with Gasteiger partial charge in [0.05, 0.1) is 5.69 Å². The van der Waals surface area contributed by atoms with Crippen molar-refractivity contribution in [3.05, 3.63) is 24.0 Å². The molecule has 23 heavy (non-hydrogen) atoms. The monoisotopic (exact) mass is 328 g/mol. The Balaban J connectivity index is 2.82. The first-order valence-electron chi connectivity index (χ1n) is 6.93. The maximum atomic E-state index is 13.2. The van der Waals surface area contributed by atoms with Crippen LogP contribution in [0.25, 0.3) is 0 Å². The second kappa shape index (κ2) is 7.17. The number of carbonyl (C=O) groups is 2. The SMILES string of the molecule is CC(Oc1cc(F)ccc1N)C(NC(=O)OC(C)(C)C)C(=O)O. The lowest BCUT2D eigenvalue weighted by Crippen LogP contribution is -2.51. The van der Waals surface area contributed by atoms with Crippen LogP contribution in [0.3, 0.4) is 0 Å². The molecule has 0 radical (unpaired) electrons. The molecule has 4 N–H and O–H groups in total. The molecule has 1 aromatic carbocycles. The van der Waals surface area contributed by atoms with Crippen molar-refractivity contribution in [2.45, 2.75) is 45.4 Å². The predicted octanol–water partition coefficient (Wildman–Crippen LogP) is 2.15. The molecule has 8 heteroatoms. The van der Waals surface area contributed by atoms with Gasteiger partial charge in [-0.2, -0.15) is 0 Å². The third-order valence-electron chi connectivity index (χ3n) is 2.70. The number of hydrogen-bond donors (Lipinski definition) is 3. The van der Waals surface area contributed by atoms with Gasteiger partial charge in [0.15, 0.2) is 6.04 Å². The summed E-state index contributed by atoms with van der Waals surface area (Å²) in [5.74, 6) is -1.90. The molecule has 0 heterocycles. The van der Waals surface area contributed by atoms with Crippen LogP contribution >= 0.6 is 0 Å². The number of anilines is 1. The molecule has 0 spiro atoms. The summed E-state index contributed by atoms with van der Waals surface area (Å²) >= 11 is 0. The highest BCUT2D eigenvalue weighted by molar-refractivity contribution is 5.80. The fourth-order valence-corrected chi connectivity index (χ4v) is 1.69. The van der Waals surface area contributed by atoms with E-state index in [0.29, 0.717) is 0 Å². The van der Waals surface area contributed by atoms with E-state index in [1.165, 1.54) is 13.0 Å². The van der Waals surface area contributed by atoms with Crippen molar-refractivity contribution in [2.24, 2.45) is 0 Å². The van der Waals surface area contributed by atoms with Crippen molar-refractivity contribution in [3.63, 3.8) is 0 Å². The van der Waals surface area contributed by atoms with Gasteiger partial charge in [0, 0.05) is 6.07 Å². The first-order chi connectivity index (χ1) is 10.5. The minimum atomic E-state index is -1.40. The minimum absolute atomic E-state index is 0.00487. The minimum Gasteiger partial charge on any atom is -0.486 e. The third-order valence-corrected chi connectivity index (χ3v) is 2.70. The number of rotatable bonds is 5. The molecular formula is C15H21FN2O5. The standard InChI is InChI=1S/C15H21FN2O5/c1-8(22-11-7-9(16)5-6-10(11)17)12(13(19)20)18-14(21)23-15(2,3)4/h5-8,12H,17H2,1-4H3,(H,18,21)(H,19,20). The first-order valence-corrected chi connectivity index (χ1v) is 6.93. The third kappa shape index (κ3) is 6.01. The first kappa shape index (κ1) is 18.5. The van der Waals surface area contributed by atoms with Gasteiger partial charge in [-0.15, -0.1) is 0 Å². The summed E-state index contributed by atoms with van der Waals surface area (Å²) < 4.78 is 23.6. The number of amides is 1. The van der Waals surface area contributed by atoms with Crippen LogP contribution in [0, 0.1) is 5.82 Å². The molecule has 1 amide bonds. The van der Waals surface area contributed by atoms with Gasteiger partial charge < -0.3 is 25.6 Å². The molecule has 0 saturated carbocycles. The Bertz CT molecular complexity index is 586. The van der Waals surface area contributed by atoms with Gasteiger partial charge in [-0.3, -0.25) is 0 Å². The maximum absolute atomic E-state index is 13.2. The molecule has 2 atom stereocenters. The molecule has 1 aromatic rings. The fraction of sp³-hybridized carbons (Fsp3) is 0.467. The Morgan fingerprint density at radius 3 is 2.48 bits per heavy atom. The van der Waals surface area contributed by atoms with Crippen LogP contribution in [0.1, 0.15) is 27.7 Å². The average molecular weight is 328 g/mol. The number of benzene rings is 1. The number of ether oxygens (including phenoxy) is 2. The van der Waals surface area contributed by atoms with Crippen LogP contribution in [0.2, 0.25) is 0 Å². The zero-order valence-electron chi connectivity index (χ0n) is 13.4. The van der Waals surface area contributed by atoms with Crippen molar-refractivity contribution in [2.75, 3.05) is 5.73 Å². The number of carbonyl (C=O) groups excluding carboxylic acids is 1. The predicted molar refractivity (Wildman–Crippen MR) is 81.7 cm³/mol. The summed E-state index contributed by atoms with van der Waals surface area (Å²) in [7, 11) is 0. The summed E-state index contributed by atoms with van der Waals surface area (Å²) in [4.78, 5) is 23.0. The Morgan fingerprint density at radius 2 is 1.96 bits per heavy atom. The largest absolute Gasteiger partial charge is 0.486 e. The van der Waals surface area contributed by atoms with Crippen LogP contribution in [0.5, 0.6) is 5.75 Å². The number of halogens is 1. The van der Waals surface area contributed by atoms with Crippen molar-refractivity contribution in [1.82, 2.24) is 5.32 Å². The quantitative estimate of drug-likeness (QED) is 0.714. The number of carboxylic acid groups (broad SMARTS) is 1. The molecule has 1 rings (SSSR count). The van der Waals surface area contributed by atoms with Gasteiger partial charge in [0.2, 0.25) is 0 Å². The average Bonchev–Trinajstić information content (AvgIpc) is 2.37. The molecule has 7 nitrogen and oxygen atoms in total. The van der Waals surface area contributed by atoms with E-state index in [1.807, 2.05) is 0 Å². The number of carboxylic acids is 1. The van der Waals surface area contributed by atoms with E-state index in [-0.39, 0.29) is 11.4 Å². The van der Waals surface area contributed by atoms with E-state index in [2.05, 4.69) is 5.32 Å². The van der Waals surface area contributed by atoms with E-state index >= 15 is 0 Å². The van der Waals surface area contributed by atoms with Crippen LogP contribution in [-0.4, -0.2) is 34.9 Å². The lowest BCUT2D eigenvalue weighted by molar-refractivity contribution is -0.141. The zero-order valence-corrected chi connectivity index (χ0v) is 13.4. The topological polar surface area (TPSA) is 111 Å². The van der Waals surface area contributed by atoms with Crippen LogP contribution < -0.4 is 15.8 Å². The fourth-order valence-electron chi connectivity index (χ4n) is 1.69. The summed E-state index contributed by atoms with van der Waals surface area (Å²) in [5, 5.41) is 11.4. The van der Waals surface area contributed by atoms with E-state index < -0.39 is 35.6 Å². The summed E-state index contributed by atoms with van der Waals surface area (Å²) in [5.41, 5.74) is 5.03. The second-order valence-electron chi connectivity index (χ2n) is 5.97. The lowest BCUT2D eigenvalue weighted by Gasteiger charge is -2.25. The maximum Gasteiger partial charge on any atom is 0.408 e. The van der Waals surface area contributed by atoms with Gasteiger partial charge in [-0.1, -0.05) is 0 Å². The van der Waals surface area contributed by atoms with Gasteiger partial charge in [0.25, 0.3) is 0 Å². The smallest absolute Gasteiger partial charge is 0.408 e. The second-order valence-corrected chi connectivity index (χ2v) is 5.97. The number of nitrogens with one attached hydrogen (secondary N) is 1. The van der Waals surface area contributed by atoms with Crippen LogP contribution in [0.15, 0.2) is 18.2 Å². The number of aliphatic carboxylic acids is 1. The number of alkyl carbamates (subject to hydrolysis) is 1. The van der Waals surface area contributed by atoms with E-state index in [9.17, 15) is 19.1 Å². The zero-order chi connectivity index (χ0) is 17.8. The molecule has 128 valence electrons. The van der Waals surface area contributed by atoms with E-state index in [0.717, 1.165) is 12.1 Å². The van der Waals surface area contributed by atoms with Gasteiger partial charge in [-0.25, -0.2) is 14.0 Å². The van der Waals surface area contributed by atoms with E-state index in [1.54, 1.807) is 20.8 Å². The normalized spacial score (nSPS) is 13.8. The molecule has 0 aliphatic rings. The summed E-state index contributed by atoms with van der Waals surface area (Å²) in [6.45, 7) is 6.36. The molecular weight excluding hydrogens is 307 g/mol. The Morgan fingerprint density at radius 1 is 1.35 bits per heavy atom. The van der Waals surface area contributed by atoms with Gasteiger partial charge in [0.1, 0.15) is 23.3 Å². The lowest BCUT2D eigenvalue weighted by atomic mass is 10.1. The number of nitrogens with two attached hydrogens (primary N) is 1. The van der Waals surface area contributed by atoms with Gasteiger partial charge >= 0.3 is 12.1 Å². The highest BCUT2D eigenvalue weighted by Gasteiger charge is 2.30. The summed E-state index contributed by atoms with van der Waals surface area (Å²) in [6.07, 6.45) is -1.91. The molecule has 0 saturated heterocycles. The Labute approximate surface area is 133 Å². The number of hydrogen-bond acceptors (Lipinski definition) is 5. The molecule has 0 aliphatic carbocycles. The van der Waals surface area contributed by atoms with Crippen LogP contribution in [0.4, 0.5) is 14.9 Å². The molecule has 0 bridgehead atoms. The molecule has 2 unspecified atom stereocenters. The number of nitrogen functional groups attached to an aromatic ring is 1. The Hall–Kier alpha value is -2.51. The Kier molecular flexibility index (Phi) is 5.78. The molecule has 0 fully saturated rings. The van der Waals surface area contributed by atoms with Crippen molar-refractivity contribution < 1.29 is 28.6 Å². The van der Waals surface area contributed by atoms with Crippen molar-refractivity contribution in [1.29, 1.82) is 0 Å². The summed E-state index contributed by atoms with van der Waals surface area (Å²) in [6, 6.07) is 2.10. The highest BCUT2D eigenvalue weighted by atomic mass is 19.1.